The van der Waals surface area contributed by atoms with Crippen molar-refractivity contribution in [1.29, 1.82) is 0 Å². The topological polar surface area (TPSA) is 32.5 Å². The molecule has 1 aromatic carbocycles. The molecule has 1 unspecified atom stereocenters. The fourth-order valence-electron chi connectivity index (χ4n) is 2.85. The summed E-state index contributed by atoms with van der Waals surface area (Å²) in [6.45, 7) is 3.38. The van der Waals surface area contributed by atoms with Gasteiger partial charge in [0.05, 0.1) is 0 Å². The van der Waals surface area contributed by atoms with Crippen LogP contribution in [0.5, 0.6) is 0 Å². The lowest BCUT2D eigenvalue weighted by Gasteiger charge is -2.27. The highest BCUT2D eigenvalue weighted by molar-refractivity contribution is 5.25. The van der Waals surface area contributed by atoms with Gasteiger partial charge in [0, 0.05) is 31.2 Å². The quantitative estimate of drug-likeness (QED) is 0.881. The summed E-state index contributed by atoms with van der Waals surface area (Å²) in [5, 5.41) is 0. The van der Waals surface area contributed by atoms with Crippen LogP contribution in [0.1, 0.15) is 24.0 Å². The zero-order valence-electron chi connectivity index (χ0n) is 11.9. The van der Waals surface area contributed by atoms with Gasteiger partial charge >= 0.3 is 0 Å². The molecule has 0 radical (unpaired) electrons. The third-order valence-corrected chi connectivity index (χ3v) is 3.79. The minimum Gasteiger partial charge on any atom is -0.326 e. The van der Waals surface area contributed by atoms with Crippen molar-refractivity contribution in [2.24, 2.45) is 5.73 Å². The van der Waals surface area contributed by atoms with E-state index in [-0.39, 0.29) is 12.4 Å². The van der Waals surface area contributed by atoms with E-state index in [4.69, 9.17) is 5.73 Å². The van der Waals surface area contributed by atoms with E-state index >= 15 is 0 Å². The van der Waals surface area contributed by atoms with E-state index in [1.807, 2.05) is 12.1 Å². The van der Waals surface area contributed by atoms with Gasteiger partial charge in [0.25, 0.3) is 0 Å². The Morgan fingerprint density at radius 3 is 2.89 bits per heavy atom. The first-order valence-electron chi connectivity index (χ1n) is 6.96. The Morgan fingerprint density at radius 2 is 2.21 bits per heavy atom. The molecule has 4 heteroatoms. The van der Waals surface area contributed by atoms with Gasteiger partial charge in [-0.15, -0.1) is 0 Å². The Hall–Kier alpha value is -0.970. The smallest absolute Gasteiger partial charge is 0.127 e. The van der Waals surface area contributed by atoms with Gasteiger partial charge in [-0.2, -0.15) is 0 Å². The predicted molar refractivity (Wildman–Crippen MR) is 76.3 cm³/mol. The maximum atomic E-state index is 13.4. The van der Waals surface area contributed by atoms with Crippen LogP contribution in [0.15, 0.2) is 18.2 Å². The fraction of sp³-hybridized carbons (Fsp3) is 0.600. The van der Waals surface area contributed by atoms with Crippen molar-refractivity contribution in [3.05, 3.63) is 35.1 Å². The number of likely N-dealkylation sites (tertiary alicyclic amines) is 1. The van der Waals surface area contributed by atoms with Gasteiger partial charge < -0.3 is 10.6 Å². The molecule has 1 heterocycles. The third kappa shape index (κ3) is 3.75. The van der Waals surface area contributed by atoms with Gasteiger partial charge in [0.1, 0.15) is 5.82 Å². The summed E-state index contributed by atoms with van der Waals surface area (Å²) in [7, 11) is 4.22. The Balaban J connectivity index is 2.03. The second-order valence-electron chi connectivity index (χ2n) is 5.66. The van der Waals surface area contributed by atoms with Crippen LogP contribution >= 0.6 is 0 Å². The van der Waals surface area contributed by atoms with Gasteiger partial charge in [-0.1, -0.05) is 12.1 Å². The molecule has 1 aliphatic rings. The van der Waals surface area contributed by atoms with Gasteiger partial charge in [0.15, 0.2) is 0 Å². The van der Waals surface area contributed by atoms with E-state index < -0.39 is 0 Å². The maximum absolute atomic E-state index is 13.4. The highest BCUT2D eigenvalue weighted by Gasteiger charge is 2.24. The monoisotopic (exact) mass is 265 g/mol. The minimum absolute atomic E-state index is 0.197. The standard InChI is InChI=1S/C15H24FN3/c1-18(2)11-14-4-3-7-19(14)10-12-5-6-15(16)13(8-12)9-17/h5-6,8,14H,3-4,7,9-11,17H2,1-2H3. The van der Waals surface area contributed by atoms with Crippen LogP contribution < -0.4 is 5.73 Å². The zero-order chi connectivity index (χ0) is 13.8. The Kier molecular flexibility index (Phi) is 4.91. The summed E-state index contributed by atoms with van der Waals surface area (Å²) in [4.78, 5) is 4.73. The second-order valence-corrected chi connectivity index (χ2v) is 5.66. The van der Waals surface area contributed by atoms with Crippen LogP contribution in [0, 0.1) is 5.82 Å². The van der Waals surface area contributed by atoms with Crippen molar-refractivity contribution in [3.8, 4) is 0 Å². The molecule has 3 nitrogen and oxygen atoms in total. The molecule has 1 saturated heterocycles. The SMILES string of the molecule is CN(C)CC1CCCN1Cc1ccc(F)c(CN)c1. The Bertz CT molecular complexity index is 420. The molecule has 1 aromatic rings. The normalized spacial score (nSPS) is 20.4. The average Bonchev–Trinajstić information content (AvgIpc) is 2.78. The average molecular weight is 265 g/mol. The molecule has 2 N–H and O–H groups in total. The highest BCUT2D eigenvalue weighted by Crippen LogP contribution is 2.21. The molecule has 0 aliphatic carbocycles. The van der Waals surface area contributed by atoms with Crippen molar-refractivity contribution in [2.75, 3.05) is 27.2 Å². The molecule has 2 rings (SSSR count). The van der Waals surface area contributed by atoms with E-state index in [0.717, 1.165) is 25.2 Å². The maximum Gasteiger partial charge on any atom is 0.127 e. The molecule has 1 aliphatic heterocycles. The van der Waals surface area contributed by atoms with Gasteiger partial charge in [-0.3, -0.25) is 4.90 Å². The minimum atomic E-state index is -0.197. The zero-order valence-corrected chi connectivity index (χ0v) is 11.9. The first kappa shape index (κ1) is 14.4. The summed E-state index contributed by atoms with van der Waals surface area (Å²) >= 11 is 0. The van der Waals surface area contributed by atoms with E-state index in [1.165, 1.54) is 18.9 Å². The van der Waals surface area contributed by atoms with Gasteiger partial charge in [0.2, 0.25) is 0 Å². The van der Waals surface area contributed by atoms with Crippen LogP contribution in [-0.2, 0) is 13.1 Å². The Morgan fingerprint density at radius 1 is 1.42 bits per heavy atom. The van der Waals surface area contributed by atoms with Crippen molar-refractivity contribution < 1.29 is 4.39 Å². The summed E-state index contributed by atoms with van der Waals surface area (Å²) in [5.41, 5.74) is 7.33. The molecule has 0 aromatic heterocycles. The van der Waals surface area contributed by atoms with Crippen LogP contribution in [0.3, 0.4) is 0 Å². The number of hydrogen-bond acceptors (Lipinski definition) is 3. The first-order chi connectivity index (χ1) is 9.10. The lowest BCUT2D eigenvalue weighted by molar-refractivity contribution is 0.201. The number of nitrogens with two attached hydrogens (primary N) is 1. The lowest BCUT2D eigenvalue weighted by atomic mass is 10.1. The van der Waals surface area contributed by atoms with E-state index in [2.05, 4.69) is 23.9 Å². The molecule has 19 heavy (non-hydrogen) atoms. The number of nitrogens with zero attached hydrogens (tertiary/aromatic N) is 2. The van der Waals surface area contributed by atoms with Crippen molar-refractivity contribution >= 4 is 0 Å². The van der Waals surface area contributed by atoms with Crippen LogP contribution in [0.4, 0.5) is 4.39 Å². The number of hydrogen-bond donors (Lipinski definition) is 1. The van der Waals surface area contributed by atoms with Crippen LogP contribution in [-0.4, -0.2) is 43.0 Å². The first-order valence-corrected chi connectivity index (χ1v) is 6.96. The number of likely N-dealkylation sites (N-methyl/N-ethyl adjacent to an activating group) is 1. The number of rotatable bonds is 5. The lowest BCUT2D eigenvalue weighted by Crippen LogP contribution is -2.37. The summed E-state index contributed by atoms with van der Waals surface area (Å²) in [6, 6.07) is 5.93. The van der Waals surface area contributed by atoms with Crippen molar-refractivity contribution in [1.82, 2.24) is 9.80 Å². The molecule has 1 atom stereocenters. The molecule has 0 bridgehead atoms. The van der Waals surface area contributed by atoms with E-state index in [1.54, 1.807) is 0 Å². The summed E-state index contributed by atoms with van der Waals surface area (Å²) in [6.07, 6.45) is 2.51. The van der Waals surface area contributed by atoms with Gasteiger partial charge in [-0.05, 0) is 45.1 Å². The summed E-state index contributed by atoms with van der Waals surface area (Å²) < 4.78 is 13.4. The molecule has 0 saturated carbocycles. The van der Waals surface area contributed by atoms with E-state index in [0.29, 0.717) is 11.6 Å². The molecular weight excluding hydrogens is 241 g/mol. The highest BCUT2D eigenvalue weighted by atomic mass is 19.1. The second kappa shape index (κ2) is 6.46. The molecule has 0 amide bonds. The Labute approximate surface area is 115 Å². The summed E-state index contributed by atoms with van der Waals surface area (Å²) in [5.74, 6) is -0.197. The molecule has 0 spiro atoms. The molecular formula is C15H24FN3. The van der Waals surface area contributed by atoms with Crippen LogP contribution in [0.2, 0.25) is 0 Å². The van der Waals surface area contributed by atoms with Crippen molar-refractivity contribution in [3.63, 3.8) is 0 Å². The number of halogens is 1. The van der Waals surface area contributed by atoms with Gasteiger partial charge in [-0.25, -0.2) is 4.39 Å². The fourth-order valence-corrected chi connectivity index (χ4v) is 2.85. The number of benzene rings is 1. The van der Waals surface area contributed by atoms with E-state index in [9.17, 15) is 4.39 Å². The third-order valence-electron chi connectivity index (χ3n) is 3.79. The molecule has 1 fully saturated rings. The van der Waals surface area contributed by atoms with Crippen LogP contribution in [0.25, 0.3) is 0 Å². The predicted octanol–water partition coefficient (Wildman–Crippen LogP) is 1.81. The largest absolute Gasteiger partial charge is 0.326 e. The van der Waals surface area contributed by atoms with Crippen molar-refractivity contribution in [2.45, 2.75) is 32.0 Å². The molecule has 106 valence electrons.